The summed E-state index contributed by atoms with van der Waals surface area (Å²) < 4.78 is 0. The van der Waals surface area contributed by atoms with Crippen LogP contribution in [0.2, 0.25) is 0 Å². The van der Waals surface area contributed by atoms with Crippen LogP contribution in [0.1, 0.15) is 30.1 Å². The van der Waals surface area contributed by atoms with Crippen LogP contribution in [-0.4, -0.2) is 77.3 Å². The smallest absolute Gasteiger partial charge is 0.325 e. The van der Waals surface area contributed by atoms with Crippen molar-refractivity contribution < 1.29 is 14.4 Å². The van der Waals surface area contributed by atoms with Crippen LogP contribution < -0.4 is 5.32 Å². The molecule has 3 aliphatic heterocycles. The fraction of sp³-hybridized carbons (Fsp3) is 0.500. The lowest BCUT2D eigenvalue weighted by Crippen LogP contribution is -2.64. The molecule has 0 aromatic heterocycles. The molecular weight excluding hydrogens is 358 g/mol. The number of hydrogen-bond donors (Lipinski definition) is 1. The Morgan fingerprint density at radius 1 is 1.18 bits per heavy atom. The van der Waals surface area contributed by atoms with Crippen molar-refractivity contribution in [3.05, 3.63) is 35.9 Å². The summed E-state index contributed by atoms with van der Waals surface area (Å²) in [5.74, 6) is 0.806. The van der Waals surface area contributed by atoms with Crippen LogP contribution in [0.3, 0.4) is 0 Å². The Hall–Kier alpha value is -2.90. The van der Waals surface area contributed by atoms with Gasteiger partial charge in [0.05, 0.1) is 6.54 Å². The van der Waals surface area contributed by atoms with E-state index in [9.17, 15) is 14.4 Å². The van der Waals surface area contributed by atoms with Crippen LogP contribution in [0, 0.1) is 5.92 Å². The van der Waals surface area contributed by atoms with Gasteiger partial charge in [0.1, 0.15) is 0 Å². The second kappa shape index (κ2) is 7.26. The quantitative estimate of drug-likeness (QED) is 0.792. The van der Waals surface area contributed by atoms with Gasteiger partial charge in [0, 0.05) is 25.7 Å². The first-order valence-electron chi connectivity index (χ1n) is 9.71. The summed E-state index contributed by atoms with van der Waals surface area (Å²) in [6.07, 6.45) is 1.46. The number of rotatable bonds is 3. The standard InChI is InChI=1S/C20H25N5O3/c1-13-8-10-24(11-9-13)19-21-17-16(18(27)22-20(28)23(17)2)25(19)12-15(26)14-6-4-3-5-7-14/h3-7,13,16-17H,8-12H2,1-2H3,(H,22,27,28). The lowest BCUT2D eigenvalue weighted by atomic mass is 9.99. The molecule has 4 rings (SSSR count). The van der Waals surface area contributed by atoms with Gasteiger partial charge in [-0.2, -0.15) is 0 Å². The first-order valence-corrected chi connectivity index (χ1v) is 9.71. The van der Waals surface area contributed by atoms with Crippen LogP contribution in [-0.2, 0) is 4.79 Å². The Morgan fingerprint density at radius 2 is 1.86 bits per heavy atom. The van der Waals surface area contributed by atoms with Gasteiger partial charge in [-0.25, -0.2) is 9.79 Å². The predicted octanol–water partition coefficient (Wildman–Crippen LogP) is 1.15. The molecule has 0 aliphatic carbocycles. The van der Waals surface area contributed by atoms with Gasteiger partial charge in [-0.3, -0.25) is 14.9 Å². The van der Waals surface area contributed by atoms with Gasteiger partial charge >= 0.3 is 6.03 Å². The third kappa shape index (κ3) is 3.23. The highest BCUT2D eigenvalue weighted by atomic mass is 16.2. The zero-order chi connectivity index (χ0) is 19.8. The summed E-state index contributed by atoms with van der Waals surface area (Å²) in [4.78, 5) is 47.6. The zero-order valence-electron chi connectivity index (χ0n) is 16.2. The Kier molecular flexibility index (Phi) is 4.78. The van der Waals surface area contributed by atoms with Crippen LogP contribution in [0.15, 0.2) is 35.3 Å². The predicted molar refractivity (Wildman–Crippen MR) is 104 cm³/mol. The Morgan fingerprint density at radius 3 is 2.54 bits per heavy atom. The van der Waals surface area contributed by atoms with Gasteiger partial charge < -0.3 is 14.7 Å². The third-order valence-corrected chi connectivity index (χ3v) is 5.81. The lowest BCUT2D eigenvalue weighted by Gasteiger charge is -2.39. The van der Waals surface area contributed by atoms with Gasteiger partial charge in [-0.15, -0.1) is 0 Å². The number of fused-ring (bicyclic) bond motifs is 1. The molecule has 0 radical (unpaired) electrons. The Labute approximate surface area is 164 Å². The highest BCUT2D eigenvalue weighted by Gasteiger charge is 2.50. The summed E-state index contributed by atoms with van der Waals surface area (Å²) in [6.45, 7) is 3.93. The topological polar surface area (TPSA) is 85.3 Å². The highest BCUT2D eigenvalue weighted by molar-refractivity contribution is 6.06. The molecule has 2 atom stereocenters. The molecule has 3 aliphatic rings. The number of imide groups is 1. The fourth-order valence-corrected chi connectivity index (χ4v) is 4.02. The molecule has 3 amide bonds. The molecule has 8 nitrogen and oxygen atoms in total. The van der Waals surface area contributed by atoms with E-state index in [1.54, 1.807) is 24.1 Å². The molecule has 3 heterocycles. The van der Waals surface area contributed by atoms with Gasteiger partial charge in [0.25, 0.3) is 5.91 Å². The van der Waals surface area contributed by atoms with Gasteiger partial charge in [0.2, 0.25) is 0 Å². The van der Waals surface area contributed by atoms with E-state index in [-0.39, 0.29) is 12.3 Å². The second-order valence-corrected chi connectivity index (χ2v) is 7.78. The van der Waals surface area contributed by atoms with Crippen molar-refractivity contribution in [3.8, 4) is 0 Å². The lowest BCUT2D eigenvalue weighted by molar-refractivity contribution is -0.127. The number of hydrogen-bond acceptors (Lipinski definition) is 6. The largest absolute Gasteiger partial charge is 0.343 e. The minimum atomic E-state index is -0.690. The van der Waals surface area contributed by atoms with Crippen molar-refractivity contribution >= 4 is 23.7 Å². The highest BCUT2D eigenvalue weighted by Crippen LogP contribution is 2.28. The number of piperidine rings is 1. The molecule has 2 unspecified atom stereocenters. The first kappa shape index (κ1) is 18.5. The number of nitrogens with one attached hydrogen (secondary N) is 1. The number of guanidine groups is 1. The molecule has 0 bridgehead atoms. The molecule has 0 saturated carbocycles. The number of nitrogens with zero attached hydrogens (tertiary/aromatic N) is 4. The van der Waals surface area contributed by atoms with E-state index < -0.39 is 24.1 Å². The van der Waals surface area contributed by atoms with Crippen LogP contribution in [0.4, 0.5) is 4.79 Å². The molecule has 28 heavy (non-hydrogen) atoms. The number of Topliss-reactive ketones (excluding diaryl/α,β-unsaturated/α-hetero) is 1. The minimum absolute atomic E-state index is 0.0471. The average Bonchev–Trinajstić information content (AvgIpc) is 3.07. The molecule has 1 aromatic carbocycles. The molecule has 8 heteroatoms. The van der Waals surface area contributed by atoms with Crippen LogP contribution >= 0.6 is 0 Å². The van der Waals surface area contributed by atoms with E-state index in [2.05, 4.69) is 17.1 Å². The number of urea groups is 1. The number of likely N-dealkylation sites (N-methyl/N-ethyl adjacent to an activating group) is 1. The summed E-state index contributed by atoms with van der Waals surface area (Å²) >= 11 is 0. The van der Waals surface area contributed by atoms with Gasteiger partial charge in [-0.1, -0.05) is 37.3 Å². The molecule has 0 spiro atoms. The van der Waals surface area contributed by atoms with Crippen molar-refractivity contribution in [1.29, 1.82) is 0 Å². The number of ketones is 1. The molecule has 1 N–H and O–H groups in total. The monoisotopic (exact) mass is 383 g/mol. The zero-order valence-corrected chi connectivity index (χ0v) is 16.2. The molecule has 1 aromatic rings. The number of aliphatic imine (C=N–C) groups is 1. The average molecular weight is 383 g/mol. The van der Waals surface area contributed by atoms with Crippen LogP contribution in [0.25, 0.3) is 0 Å². The van der Waals surface area contributed by atoms with E-state index >= 15 is 0 Å². The van der Waals surface area contributed by atoms with Crippen molar-refractivity contribution in [3.63, 3.8) is 0 Å². The maximum Gasteiger partial charge on any atom is 0.325 e. The first-order chi connectivity index (χ1) is 13.5. The number of carbonyl (C=O) groups is 3. The summed E-state index contributed by atoms with van der Waals surface area (Å²) in [7, 11) is 1.63. The van der Waals surface area contributed by atoms with Gasteiger partial charge in [0.15, 0.2) is 24.0 Å². The number of benzene rings is 1. The summed E-state index contributed by atoms with van der Waals surface area (Å²) in [5.41, 5.74) is 0.596. The Balaban J connectivity index is 1.64. The van der Waals surface area contributed by atoms with E-state index in [1.165, 1.54) is 4.90 Å². The fourth-order valence-electron chi connectivity index (χ4n) is 4.02. The van der Waals surface area contributed by atoms with Gasteiger partial charge in [-0.05, 0) is 18.8 Å². The van der Waals surface area contributed by atoms with E-state index in [4.69, 9.17) is 4.99 Å². The molecule has 2 fully saturated rings. The van der Waals surface area contributed by atoms with E-state index in [0.717, 1.165) is 25.9 Å². The summed E-state index contributed by atoms with van der Waals surface area (Å²) in [5, 5.41) is 2.38. The van der Waals surface area contributed by atoms with Crippen molar-refractivity contribution in [1.82, 2.24) is 20.0 Å². The van der Waals surface area contributed by atoms with Crippen molar-refractivity contribution in [2.75, 3.05) is 26.7 Å². The molecule has 148 valence electrons. The molecule has 2 saturated heterocycles. The van der Waals surface area contributed by atoms with E-state index in [1.807, 2.05) is 18.2 Å². The third-order valence-electron chi connectivity index (χ3n) is 5.81. The Bertz CT molecular complexity index is 816. The van der Waals surface area contributed by atoms with Crippen LogP contribution in [0.5, 0.6) is 0 Å². The number of amides is 3. The normalized spacial score (nSPS) is 25.5. The van der Waals surface area contributed by atoms with Crippen molar-refractivity contribution in [2.24, 2.45) is 10.9 Å². The number of carbonyl (C=O) groups excluding carboxylic acids is 3. The second-order valence-electron chi connectivity index (χ2n) is 7.78. The summed E-state index contributed by atoms with van der Waals surface area (Å²) in [6, 6.07) is 7.89. The SMILES string of the molecule is CC1CCN(C2=NC3C(C(=O)NC(=O)N3C)N2CC(=O)c2ccccc2)CC1. The minimum Gasteiger partial charge on any atom is -0.343 e. The van der Waals surface area contributed by atoms with E-state index in [0.29, 0.717) is 17.4 Å². The molecular formula is C20H25N5O3. The number of likely N-dealkylation sites (tertiary alicyclic amines) is 1. The maximum absolute atomic E-state index is 12.9. The van der Waals surface area contributed by atoms with Crippen molar-refractivity contribution in [2.45, 2.75) is 32.0 Å². The maximum atomic E-state index is 12.9.